The van der Waals surface area contributed by atoms with Gasteiger partial charge in [-0.05, 0) is 19.9 Å². The smallest absolute Gasteiger partial charge is 0.341 e. The number of nitrogens with one attached hydrogen (secondary N) is 1. The van der Waals surface area contributed by atoms with Crippen molar-refractivity contribution < 1.29 is 23.5 Å². The highest BCUT2D eigenvalue weighted by atomic mass is 16.5. The lowest BCUT2D eigenvalue weighted by Crippen LogP contribution is -2.34. The first-order valence-corrected chi connectivity index (χ1v) is 5.48. The quantitative estimate of drug-likeness (QED) is 0.792. The van der Waals surface area contributed by atoms with Crippen molar-refractivity contribution in [2.75, 3.05) is 14.2 Å². The maximum absolute atomic E-state index is 11.4. The largest absolute Gasteiger partial charge is 0.468 e. The molecule has 100 valence electrons. The summed E-state index contributed by atoms with van der Waals surface area (Å²) in [5.74, 6) is 0.253. The Hall–Kier alpha value is -1.82. The molecular weight excluding hydrogens is 238 g/mol. The van der Waals surface area contributed by atoms with E-state index in [1.54, 1.807) is 19.9 Å². The van der Waals surface area contributed by atoms with Gasteiger partial charge in [0.2, 0.25) is 0 Å². The van der Waals surface area contributed by atoms with Crippen molar-refractivity contribution in [2.45, 2.75) is 26.4 Å². The van der Waals surface area contributed by atoms with E-state index >= 15 is 0 Å². The molecule has 1 aromatic heterocycles. The van der Waals surface area contributed by atoms with Crippen LogP contribution in [0.1, 0.15) is 28.8 Å². The molecule has 0 aliphatic carbocycles. The standard InChI is InChI=1S/C12H17NO5/c1-7(11(14)16-3)13-6-9-5-10(8(2)18-9)12(15)17-4/h5,7,13H,6H2,1-4H3/t7-/m0/s1. The SMILES string of the molecule is COC(=O)c1cc(CN[C@@H](C)C(=O)OC)oc1C. The molecule has 0 amide bonds. The van der Waals surface area contributed by atoms with E-state index in [0.717, 1.165) is 0 Å². The summed E-state index contributed by atoms with van der Waals surface area (Å²) in [5, 5.41) is 2.93. The second-order valence-electron chi connectivity index (χ2n) is 3.80. The molecule has 0 saturated carbocycles. The summed E-state index contributed by atoms with van der Waals surface area (Å²) in [7, 11) is 2.64. The third kappa shape index (κ3) is 3.33. The number of aryl methyl sites for hydroxylation is 1. The van der Waals surface area contributed by atoms with E-state index < -0.39 is 12.0 Å². The van der Waals surface area contributed by atoms with E-state index in [-0.39, 0.29) is 5.97 Å². The molecule has 0 radical (unpaired) electrons. The first-order chi connectivity index (χ1) is 8.49. The van der Waals surface area contributed by atoms with Crippen molar-refractivity contribution in [3.63, 3.8) is 0 Å². The van der Waals surface area contributed by atoms with Crippen LogP contribution in [0.15, 0.2) is 10.5 Å². The van der Waals surface area contributed by atoms with Gasteiger partial charge in [0.25, 0.3) is 0 Å². The van der Waals surface area contributed by atoms with E-state index in [0.29, 0.717) is 23.6 Å². The minimum Gasteiger partial charge on any atom is -0.468 e. The number of methoxy groups -OCH3 is 2. The summed E-state index contributed by atoms with van der Waals surface area (Å²) < 4.78 is 14.6. The van der Waals surface area contributed by atoms with Crippen LogP contribution in [-0.2, 0) is 20.8 Å². The van der Waals surface area contributed by atoms with Crippen LogP contribution in [0.5, 0.6) is 0 Å². The van der Waals surface area contributed by atoms with E-state index in [4.69, 9.17) is 4.42 Å². The van der Waals surface area contributed by atoms with Crippen LogP contribution in [0, 0.1) is 6.92 Å². The Morgan fingerprint density at radius 1 is 1.39 bits per heavy atom. The van der Waals surface area contributed by atoms with E-state index in [9.17, 15) is 9.59 Å². The predicted molar refractivity (Wildman–Crippen MR) is 63.1 cm³/mol. The van der Waals surface area contributed by atoms with E-state index in [1.807, 2.05) is 0 Å². The van der Waals surface area contributed by atoms with Gasteiger partial charge in [0.05, 0.1) is 20.8 Å². The zero-order chi connectivity index (χ0) is 13.7. The number of rotatable bonds is 5. The van der Waals surface area contributed by atoms with Crippen LogP contribution >= 0.6 is 0 Å². The van der Waals surface area contributed by atoms with Crippen LogP contribution in [0.3, 0.4) is 0 Å². The van der Waals surface area contributed by atoms with Crippen molar-refractivity contribution in [3.8, 4) is 0 Å². The van der Waals surface area contributed by atoms with Crippen LogP contribution in [0.2, 0.25) is 0 Å². The minimum absolute atomic E-state index is 0.327. The highest BCUT2D eigenvalue weighted by Crippen LogP contribution is 2.15. The Labute approximate surface area is 105 Å². The van der Waals surface area contributed by atoms with Crippen LogP contribution < -0.4 is 5.32 Å². The fourth-order valence-electron chi connectivity index (χ4n) is 1.46. The van der Waals surface area contributed by atoms with E-state index in [2.05, 4.69) is 14.8 Å². The van der Waals surface area contributed by atoms with E-state index in [1.165, 1.54) is 14.2 Å². The van der Waals surface area contributed by atoms with Gasteiger partial charge in [0.15, 0.2) is 0 Å². The van der Waals surface area contributed by atoms with Gasteiger partial charge in [-0.2, -0.15) is 0 Å². The zero-order valence-electron chi connectivity index (χ0n) is 10.9. The highest BCUT2D eigenvalue weighted by molar-refractivity contribution is 5.90. The van der Waals surface area contributed by atoms with Crippen molar-refractivity contribution in [2.24, 2.45) is 0 Å². The molecule has 0 aliphatic rings. The van der Waals surface area contributed by atoms with Gasteiger partial charge in [-0.25, -0.2) is 4.79 Å². The summed E-state index contributed by atoms with van der Waals surface area (Å²) in [4.78, 5) is 22.5. The van der Waals surface area contributed by atoms with Gasteiger partial charge in [0.1, 0.15) is 23.1 Å². The third-order valence-corrected chi connectivity index (χ3v) is 2.51. The minimum atomic E-state index is -0.443. The molecule has 1 atom stereocenters. The lowest BCUT2D eigenvalue weighted by Gasteiger charge is -2.09. The summed E-state index contributed by atoms with van der Waals surface area (Å²) in [6.07, 6.45) is 0. The molecule has 0 aromatic carbocycles. The third-order valence-electron chi connectivity index (χ3n) is 2.51. The second kappa shape index (κ2) is 6.20. The summed E-state index contributed by atoms with van der Waals surface area (Å²) in [6.45, 7) is 3.69. The van der Waals surface area contributed by atoms with Crippen molar-refractivity contribution in [1.29, 1.82) is 0 Å². The number of hydrogen-bond donors (Lipinski definition) is 1. The summed E-state index contributed by atoms with van der Waals surface area (Å²) in [6, 6.07) is 1.15. The Bertz CT molecular complexity index is 438. The van der Waals surface area contributed by atoms with Gasteiger partial charge in [-0.3, -0.25) is 10.1 Å². The number of carbonyl (C=O) groups excluding carboxylic acids is 2. The zero-order valence-corrected chi connectivity index (χ0v) is 10.9. The average molecular weight is 255 g/mol. The normalized spacial score (nSPS) is 12.0. The van der Waals surface area contributed by atoms with Gasteiger partial charge in [-0.1, -0.05) is 0 Å². The molecule has 0 fully saturated rings. The lowest BCUT2D eigenvalue weighted by atomic mass is 10.2. The Kier molecular flexibility index (Phi) is 4.91. The summed E-state index contributed by atoms with van der Waals surface area (Å²) in [5.41, 5.74) is 0.389. The van der Waals surface area contributed by atoms with Crippen molar-refractivity contribution in [1.82, 2.24) is 5.32 Å². The molecule has 1 N–H and O–H groups in total. The van der Waals surface area contributed by atoms with Gasteiger partial charge >= 0.3 is 11.9 Å². The topological polar surface area (TPSA) is 77.8 Å². The summed E-state index contributed by atoms with van der Waals surface area (Å²) >= 11 is 0. The maximum atomic E-state index is 11.4. The van der Waals surface area contributed by atoms with Crippen LogP contribution in [0.4, 0.5) is 0 Å². The Morgan fingerprint density at radius 2 is 2.06 bits per heavy atom. The molecule has 1 aromatic rings. The highest BCUT2D eigenvalue weighted by Gasteiger charge is 2.17. The molecule has 0 unspecified atom stereocenters. The molecule has 18 heavy (non-hydrogen) atoms. The van der Waals surface area contributed by atoms with Crippen molar-refractivity contribution >= 4 is 11.9 Å². The number of carbonyl (C=O) groups is 2. The van der Waals surface area contributed by atoms with Gasteiger partial charge < -0.3 is 13.9 Å². The van der Waals surface area contributed by atoms with Gasteiger partial charge in [0, 0.05) is 0 Å². The number of furan rings is 1. The molecule has 1 rings (SSSR count). The van der Waals surface area contributed by atoms with Crippen LogP contribution in [0.25, 0.3) is 0 Å². The molecule has 0 saturated heterocycles. The molecule has 0 bridgehead atoms. The number of esters is 2. The van der Waals surface area contributed by atoms with Crippen LogP contribution in [-0.4, -0.2) is 32.2 Å². The maximum Gasteiger partial charge on any atom is 0.341 e. The second-order valence-corrected chi connectivity index (χ2v) is 3.80. The predicted octanol–water partition coefficient (Wildman–Crippen LogP) is 1.03. The number of hydrogen-bond acceptors (Lipinski definition) is 6. The lowest BCUT2D eigenvalue weighted by molar-refractivity contribution is -0.142. The monoisotopic (exact) mass is 255 g/mol. The molecule has 1 heterocycles. The van der Waals surface area contributed by atoms with Crippen molar-refractivity contribution in [3.05, 3.63) is 23.2 Å². The Morgan fingerprint density at radius 3 is 2.61 bits per heavy atom. The molecule has 6 nitrogen and oxygen atoms in total. The average Bonchev–Trinajstić information content (AvgIpc) is 2.75. The molecule has 0 spiro atoms. The van der Waals surface area contributed by atoms with Gasteiger partial charge in [-0.15, -0.1) is 0 Å². The first-order valence-electron chi connectivity index (χ1n) is 5.48. The first kappa shape index (κ1) is 14.2. The molecular formula is C12H17NO5. The number of ether oxygens (including phenoxy) is 2. The Balaban J connectivity index is 2.64. The fraction of sp³-hybridized carbons (Fsp3) is 0.500. The fourth-order valence-corrected chi connectivity index (χ4v) is 1.46. The molecule has 0 aliphatic heterocycles. The molecule has 6 heteroatoms.